The number of rotatable bonds is 6. The fraction of sp³-hybridized carbons (Fsp3) is 0. The summed E-state index contributed by atoms with van der Waals surface area (Å²) in [6.45, 7) is 0. The largest absolute Gasteiger partial charge is 0.453 e. The van der Waals surface area contributed by atoms with E-state index < -0.39 is 0 Å². The minimum absolute atomic E-state index is 0. The molecule has 0 unspecified atom stereocenters. The van der Waals surface area contributed by atoms with Crippen LogP contribution in [0.25, 0.3) is 0 Å². The fourth-order valence-corrected chi connectivity index (χ4v) is 2.48. The van der Waals surface area contributed by atoms with Crippen molar-refractivity contribution in [3.8, 4) is 34.6 Å². The van der Waals surface area contributed by atoms with E-state index in [9.17, 15) is 0 Å². The Hall–Kier alpha value is -3.26. The van der Waals surface area contributed by atoms with Gasteiger partial charge in [0.2, 0.25) is 5.75 Å². The lowest BCUT2D eigenvalue weighted by atomic mass is 10.3. The molecule has 5 heteroatoms. The fourth-order valence-electron chi connectivity index (χ4n) is 2.48. The predicted octanol–water partition coefficient (Wildman–Crippen LogP) is 5.27. The molecular formula is C23H20AlNO3. The van der Waals surface area contributed by atoms with E-state index >= 15 is 0 Å². The second kappa shape index (κ2) is 9.61. The molecule has 3 aromatic carbocycles. The third-order valence-corrected chi connectivity index (χ3v) is 3.73. The van der Waals surface area contributed by atoms with Crippen molar-refractivity contribution in [2.75, 3.05) is 0 Å². The first-order valence-electron chi connectivity index (χ1n) is 8.56. The van der Waals surface area contributed by atoms with Crippen LogP contribution in [0.2, 0.25) is 0 Å². The zero-order chi connectivity index (χ0) is 18.3. The maximum absolute atomic E-state index is 6.07. The highest BCUT2D eigenvalue weighted by Gasteiger charge is 2.17. The van der Waals surface area contributed by atoms with Gasteiger partial charge in [0.05, 0.1) is 0 Å². The molecule has 0 fully saturated rings. The van der Waals surface area contributed by atoms with Crippen molar-refractivity contribution < 1.29 is 14.2 Å². The predicted molar refractivity (Wildman–Crippen MR) is 114 cm³/mol. The summed E-state index contributed by atoms with van der Waals surface area (Å²) in [7, 11) is 0. The number of hydrogen-bond donors (Lipinski definition) is 0. The molecule has 0 aliphatic heterocycles. The van der Waals surface area contributed by atoms with E-state index in [0.29, 0.717) is 34.6 Å². The highest BCUT2D eigenvalue weighted by Crippen LogP contribution is 2.42. The van der Waals surface area contributed by atoms with Gasteiger partial charge in [0.25, 0.3) is 5.88 Å². The van der Waals surface area contributed by atoms with Gasteiger partial charge in [0.15, 0.2) is 23.1 Å². The van der Waals surface area contributed by atoms with Gasteiger partial charge in [-0.05, 0) is 36.4 Å². The Morgan fingerprint density at radius 2 is 0.964 bits per heavy atom. The van der Waals surface area contributed by atoms with Crippen LogP contribution < -0.4 is 14.2 Å². The van der Waals surface area contributed by atoms with Crippen molar-refractivity contribution in [3.05, 3.63) is 103 Å². The first kappa shape index (κ1) is 19.5. The summed E-state index contributed by atoms with van der Waals surface area (Å²) < 4.78 is 18.0. The number of hydrogen-bond acceptors (Lipinski definition) is 4. The van der Waals surface area contributed by atoms with Crippen LogP contribution in [0.1, 0.15) is 0 Å². The molecule has 0 spiro atoms. The van der Waals surface area contributed by atoms with E-state index in [-0.39, 0.29) is 17.4 Å². The van der Waals surface area contributed by atoms with Crippen molar-refractivity contribution in [1.29, 1.82) is 0 Å². The molecule has 1 heterocycles. The molecule has 138 valence electrons. The first-order chi connectivity index (χ1) is 13.4. The first-order valence-corrected chi connectivity index (χ1v) is 8.56. The SMILES string of the molecule is [AlH3].c1ccc(Oc2ccnc(Oc3ccccc3)c2Oc2ccccc2)cc1. The van der Waals surface area contributed by atoms with Crippen LogP contribution in [0.15, 0.2) is 103 Å². The van der Waals surface area contributed by atoms with Crippen LogP contribution >= 0.6 is 0 Å². The van der Waals surface area contributed by atoms with E-state index in [1.165, 1.54) is 0 Å². The zero-order valence-corrected chi connectivity index (χ0v) is 14.5. The van der Waals surface area contributed by atoms with E-state index in [1.54, 1.807) is 12.3 Å². The number of ether oxygens (including phenoxy) is 3. The van der Waals surface area contributed by atoms with Gasteiger partial charge in [0, 0.05) is 12.3 Å². The Morgan fingerprint density at radius 1 is 0.500 bits per heavy atom. The second-order valence-corrected chi connectivity index (χ2v) is 5.69. The van der Waals surface area contributed by atoms with E-state index in [2.05, 4.69) is 4.98 Å². The summed E-state index contributed by atoms with van der Waals surface area (Å²) >= 11 is 0. The highest BCUT2D eigenvalue weighted by atomic mass is 27.0. The van der Waals surface area contributed by atoms with E-state index in [0.717, 1.165) is 0 Å². The minimum atomic E-state index is 0. The molecule has 0 aliphatic rings. The topological polar surface area (TPSA) is 40.6 Å². The maximum atomic E-state index is 6.07. The smallest absolute Gasteiger partial charge is 0.267 e. The van der Waals surface area contributed by atoms with Gasteiger partial charge < -0.3 is 14.2 Å². The Morgan fingerprint density at radius 3 is 1.50 bits per heavy atom. The number of pyridine rings is 1. The molecule has 0 N–H and O–H groups in total. The minimum Gasteiger partial charge on any atom is -0.453 e. The molecule has 4 rings (SSSR count). The zero-order valence-electron chi connectivity index (χ0n) is 14.5. The molecule has 0 aliphatic carbocycles. The summed E-state index contributed by atoms with van der Waals surface area (Å²) in [5, 5.41) is 0. The van der Waals surface area contributed by atoms with Crippen LogP contribution in [-0.4, -0.2) is 22.3 Å². The molecule has 0 atom stereocenters. The van der Waals surface area contributed by atoms with Gasteiger partial charge in [-0.15, -0.1) is 0 Å². The van der Waals surface area contributed by atoms with Crippen molar-refractivity contribution in [3.63, 3.8) is 0 Å². The van der Waals surface area contributed by atoms with Gasteiger partial charge in [0.1, 0.15) is 17.2 Å². The van der Waals surface area contributed by atoms with Crippen LogP contribution in [0, 0.1) is 0 Å². The van der Waals surface area contributed by atoms with Crippen molar-refractivity contribution in [1.82, 2.24) is 4.98 Å². The summed E-state index contributed by atoms with van der Waals surface area (Å²) in [5.41, 5.74) is 0. The summed E-state index contributed by atoms with van der Waals surface area (Å²) in [6.07, 6.45) is 1.63. The van der Waals surface area contributed by atoms with Gasteiger partial charge in [-0.25, -0.2) is 4.98 Å². The lowest BCUT2D eigenvalue weighted by molar-refractivity contribution is 0.376. The monoisotopic (exact) mass is 385 g/mol. The average Bonchev–Trinajstić information content (AvgIpc) is 2.73. The molecule has 0 saturated heterocycles. The second-order valence-electron chi connectivity index (χ2n) is 5.69. The number of para-hydroxylation sites is 3. The summed E-state index contributed by atoms with van der Waals surface area (Å²) in [4.78, 5) is 4.35. The van der Waals surface area contributed by atoms with E-state index in [1.807, 2.05) is 91.0 Å². The van der Waals surface area contributed by atoms with Gasteiger partial charge >= 0.3 is 0 Å². The van der Waals surface area contributed by atoms with Crippen LogP contribution in [0.4, 0.5) is 0 Å². The standard InChI is InChI=1S/C23H17NO3.Al.3H/c1-4-10-18(11-5-1)25-21-16-17-24-23(27-20-14-8-3-9-15-20)22(21)26-19-12-6-2-7-13-19;;;;/h1-17H;;;;. The van der Waals surface area contributed by atoms with Gasteiger partial charge in [-0.3, -0.25) is 0 Å². The average molecular weight is 385 g/mol. The molecule has 0 saturated carbocycles. The Labute approximate surface area is 174 Å². The molecule has 1 aromatic heterocycles. The number of nitrogens with zero attached hydrogens (tertiary/aromatic N) is 1. The molecule has 4 nitrogen and oxygen atoms in total. The molecule has 0 amide bonds. The molecule has 28 heavy (non-hydrogen) atoms. The summed E-state index contributed by atoms with van der Waals surface area (Å²) in [5.74, 6) is 3.30. The van der Waals surface area contributed by atoms with Crippen LogP contribution in [-0.2, 0) is 0 Å². The number of aromatic nitrogens is 1. The Kier molecular flexibility index (Phi) is 6.70. The Balaban J connectivity index is 0.00000225. The quantitative estimate of drug-likeness (QED) is 0.424. The normalized spacial score (nSPS) is 9.86. The van der Waals surface area contributed by atoms with Crippen LogP contribution in [0.5, 0.6) is 34.6 Å². The lowest BCUT2D eigenvalue weighted by Gasteiger charge is -2.15. The van der Waals surface area contributed by atoms with Crippen molar-refractivity contribution >= 4 is 17.4 Å². The van der Waals surface area contributed by atoms with Crippen molar-refractivity contribution in [2.45, 2.75) is 0 Å². The molecule has 4 aromatic rings. The van der Waals surface area contributed by atoms with Crippen molar-refractivity contribution in [2.24, 2.45) is 0 Å². The maximum Gasteiger partial charge on any atom is 0.267 e. The third-order valence-electron chi connectivity index (χ3n) is 3.73. The number of benzene rings is 3. The van der Waals surface area contributed by atoms with Gasteiger partial charge in [-0.1, -0.05) is 54.6 Å². The van der Waals surface area contributed by atoms with Crippen LogP contribution in [0.3, 0.4) is 0 Å². The molecular weight excluding hydrogens is 365 g/mol. The molecule has 0 radical (unpaired) electrons. The molecule has 0 bridgehead atoms. The van der Waals surface area contributed by atoms with E-state index in [4.69, 9.17) is 14.2 Å². The summed E-state index contributed by atoms with van der Waals surface area (Å²) in [6, 6.07) is 30.2. The third kappa shape index (κ3) is 4.92. The lowest BCUT2D eigenvalue weighted by Crippen LogP contribution is -1.96. The van der Waals surface area contributed by atoms with Gasteiger partial charge in [-0.2, -0.15) is 0 Å². The Bertz CT molecular complexity index is 936. The highest BCUT2D eigenvalue weighted by molar-refractivity contribution is 5.75.